The SMILES string of the molecule is CCCOC(=O)c1cccc(NC(=O)c2csc(CN3CCOCC3)n2)c1. The number of benzene rings is 1. The van der Waals surface area contributed by atoms with Crippen molar-refractivity contribution in [1.29, 1.82) is 0 Å². The third kappa shape index (κ3) is 5.59. The molecule has 0 aliphatic carbocycles. The molecule has 0 saturated carbocycles. The highest BCUT2D eigenvalue weighted by molar-refractivity contribution is 7.09. The van der Waals surface area contributed by atoms with Gasteiger partial charge in [-0.25, -0.2) is 9.78 Å². The largest absolute Gasteiger partial charge is 0.462 e. The molecule has 1 saturated heterocycles. The van der Waals surface area contributed by atoms with Gasteiger partial charge in [0.2, 0.25) is 0 Å². The fraction of sp³-hybridized carbons (Fsp3) is 0.421. The molecule has 0 bridgehead atoms. The summed E-state index contributed by atoms with van der Waals surface area (Å²) in [5.41, 5.74) is 1.32. The smallest absolute Gasteiger partial charge is 0.338 e. The van der Waals surface area contributed by atoms with Crippen molar-refractivity contribution in [3.63, 3.8) is 0 Å². The van der Waals surface area contributed by atoms with Crippen LogP contribution >= 0.6 is 11.3 Å². The van der Waals surface area contributed by atoms with E-state index in [1.165, 1.54) is 11.3 Å². The van der Waals surface area contributed by atoms with E-state index in [4.69, 9.17) is 9.47 Å². The molecule has 0 spiro atoms. The van der Waals surface area contributed by atoms with E-state index in [9.17, 15) is 9.59 Å². The molecule has 0 unspecified atom stereocenters. The van der Waals surface area contributed by atoms with Gasteiger partial charge in [0.1, 0.15) is 10.7 Å². The topological polar surface area (TPSA) is 80.8 Å². The fourth-order valence-corrected chi connectivity index (χ4v) is 3.45. The molecule has 0 radical (unpaired) electrons. The van der Waals surface area contributed by atoms with Crippen molar-refractivity contribution in [3.05, 3.63) is 45.9 Å². The molecule has 144 valence electrons. The molecule has 0 atom stereocenters. The molecule has 1 aliphatic heterocycles. The summed E-state index contributed by atoms with van der Waals surface area (Å²) in [5.74, 6) is -0.687. The number of thiazole rings is 1. The van der Waals surface area contributed by atoms with Crippen molar-refractivity contribution in [3.8, 4) is 0 Å². The van der Waals surface area contributed by atoms with Crippen LogP contribution < -0.4 is 5.32 Å². The zero-order valence-corrected chi connectivity index (χ0v) is 16.1. The second-order valence-corrected chi connectivity index (χ2v) is 7.13. The Morgan fingerprint density at radius 2 is 2.15 bits per heavy atom. The molecule has 2 heterocycles. The number of anilines is 1. The number of aromatic nitrogens is 1. The minimum Gasteiger partial charge on any atom is -0.462 e. The van der Waals surface area contributed by atoms with Gasteiger partial charge in [0, 0.05) is 24.2 Å². The molecule has 1 fully saturated rings. The van der Waals surface area contributed by atoms with E-state index in [0.717, 1.165) is 44.3 Å². The van der Waals surface area contributed by atoms with E-state index in [-0.39, 0.29) is 5.91 Å². The third-order valence-electron chi connectivity index (χ3n) is 4.04. The molecule has 1 aromatic heterocycles. The molecule has 8 heteroatoms. The lowest BCUT2D eigenvalue weighted by atomic mass is 10.2. The van der Waals surface area contributed by atoms with Crippen LogP contribution in [0.4, 0.5) is 5.69 Å². The Hall–Kier alpha value is -2.29. The molecule has 1 amide bonds. The highest BCUT2D eigenvalue weighted by Gasteiger charge is 2.16. The maximum Gasteiger partial charge on any atom is 0.338 e. The molecule has 2 aromatic rings. The van der Waals surface area contributed by atoms with E-state index >= 15 is 0 Å². The van der Waals surface area contributed by atoms with Crippen molar-refractivity contribution in [2.24, 2.45) is 0 Å². The van der Waals surface area contributed by atoms with Crippen LogP contribution in [-0.4, -0.2) is 54.7 Å². The van der Waals surface area contributed by atoms with Gasteiger partial charge >= 0.3 is 5.97 Å². The van der Waals surface area contributed by atoms with E-state index in [0.29, 0.717) is 23.6 Å². The lowest BCUT2D eigenvalue weighted by Crippen LogP contribution is -2.35. The zero-order chi connectivity index (χ0) is 19.1. The van der Waals surface area contributed by atoms with Crippen molar-refractivity contribution < 1.29 is 19.1 Å². The van der Waals surface area contributed by atoms with Crippen LogP contribution in [0.1, 0.15) is 39.2 Å². The second-order valence-electron chi connectivity index (χ2n) is 6.19. The maximum atomic E-state index is 12.5. The van der Waals surface area contributed by atoms with Gasteiger partial charge in [-0.2, -0.15) is 0 Å². The number of rotatable bonds is 7. The summed E-state index contributed by atoms with van der Waals surface area (Å²) >= 11 is 1.47. The Bertz CT molecular complexity index is 787. The molecule has 1 aliphatic rings. The molecule has 3 rings (SSSR count). The number of carbonyl (C=O) groups excluding carboxylic acids is 2. The normalized spacial score (nSPS) is 14.7. The van der Waals surface area contributed by atoms with E-state index in [1.54, 1.807) is 29.6 Å². The predicted molar refractivity (Wildman–Crippen MR) is 103 cm³/mol. The summed E-state index contributed by atoms with van der Waals surface area (Å²) in [5, 5.41) is 5.45. The summed E-state index contributed by atoms with van der Waals surface area (Å²) in [6.45, 7) is 6.25. The molecular weight excluding hydrogens is 366 g/mol. The van der Waals surface area contributed by atoms with Crippen LogP contribution in [-0.2, 0) is 16.0 Å². The van der Waals surface area contributed by atoms with Crippen LogP contribution in [0.2, 0.25) is 0 Å². The van der Waals surface area contributed by atoms with Gasteiger partial charge in [0.15, 0.2) is 0 Å². The molecule has 27 heavy (non-hydrogen) atoms. The number of esters is 1. The van der Waals surface area contributed by atoms with Crippen LogP contribution in [0, 0.1) is 0 Å². The Kier molecular flexibility index (Phi) is 6.92. The van der Waals surface area contributed by atoms with Crippen LogP contribution in [0.25, 0.3) is 0 Å². The maximum absolute atomic E-state index is 12.5. The summed E-state index contributed by atoms with van der Waals surface area (Å²) in [6.07, 6.45) is 0.763. The Morgan fingerprint density at radius 1 is 1.33 bits per heavy atom. The summed E-state index contributed by atoms with van der Waals surface area (Å²) < 4.78 is 10.5. The van der Waals surface area contributed by atoms with Gasteiger partial charge in [-0.3, -0.25) is 9.69 Å². The number of ether oxygens (including phenoxy) is 2. The van der Waals surface area contributed by atoms with Crippen LogP contribution in [0.3, 0.4) is 0 Å². The van der Waals surface area contributed by atoms with Gasteiger partial charge in [0.05, 0.1) is 31.9 Å². The zero-order valence-electron chi connectivity index (χ0n) is 15.3. The van der Waals surface area contributed by atoms with E-state index < -0.39 is 5.97 Å². The lowest BCUT2D eigenvalue weighted by molar-refractivity contribution is 0.0341. The third-order valence-corrected chi connectivity index (χ3v) is 4.87. The number of hydrogen-bond acceptors (Lipinski definition) is 7. The Labute approximate surface area is 162 Å². The minimum absolute atomic E-state index is 0.293. The van der Waals surface area contributed by atoms with Gasteiger partial charge < -0.3 is 14.8 Å². The highest BCUT2D eigenvalue weighted by Crippen LogP contribution is 2.16. The van der Waals surface area contributed by atoms with Crippen LogP contribution in [0.15, 0.2) is 29.6 Å². The molecule has 1 N–H and O–H groups in total. The average molecular weight is 389 g/mol. The standard InChI is InChI=1S/C19H23N3O4S/c1-2-8-26-19(24)14-4-3-5-15(11-14)20-18(23)16-13-27-17(21-16)12-22-6-9-25-10-7-22/h3-5,11,13H,2,6-10,12H2,1H3,(H,20,23). The summed E-state index contributed by atoms with van der Waals surface area (Å²) in [7, 11) is 0. The molecule has 1 aromatic carbocycles. The average Bonchev–Trinajstić information content (AvgIpc) is 3.16. The highest BCUT2D eigenvalue weighted by atomic mass is 32.1. The van der Waals surface area contributed by atoms with Crippen LogP contribution in [0.5, 0.6) is 0 Å². The van der Waals surface area contributed by atoms with Gasteiger partial charge in [-0.1, -0.05) is 13.0 Å². The van der Waals surface area contributed by atoms with Crippen molar-refractivity contribution in [2.75, 3.05) is 38.2 Å². The first-order valence-corrected chi connectivity index (χ1v) is 9.86. The monoisotopic (exact) mass is 389 g/mol. The lowest BCUT2D eigenvalue weighted by Gasteiger charge is -2.25. The van der Waals surface area contributed by atoms with Gasteiger partial charge in [-0.15, -0.1) is 11.3 Å². The van der Waals surface area contributed by atoms with Gasteiger partial charge in [0.25, 0.3) is 5.91 Å². The number of nitrogens with zero attached hydrogens (tertiary/aromatic N) is 2. The Morgan fingerprint density at radius 3 is 2.93 bits per heavy atom. The number of carbonyl (C=O) groups is 2. The fourth-order valence-electron chi connectivity index (χ4n) is 2.64. The number of amides is 1. The molecular formula is C19H23N3O4S. The minimum atomic E-state index is -0.394. The number of nitrogens with one attached hydrogen (secondary N) is 1. The predicted octanol–water partition coefficient (Wildman–Crippen LogP) is 2.79. The first-order valence-electron chi connectivity index (χ1n) is 8.98. The summed E-state index contributed by atoms with van der Waals surface area (Å²) in [4.78, 5) is 31.1. The summed E-state index contributed by atoms with van der Waals surface area (Å²) in [6, 6.07) is 6.71. The first-order chi connectivity index (χ1) is 13.2. The number of hydrogen-bond donors (Lipinski definition) is 1. The van der Waals surface area contributed by atoms with Crippen molar-refractivity contribution >= 4 is 28.9 Å². The van der Waals surface area contributed by atoms with E-state index in [2.05, 4.69) is 15.2 Å². The van der Waals surface area contributed by atoms with Crippen molar-refractivity contribution in [1.82, 2.24) is 9.88 Å². The quantitative estimate of drug-likeness (QED) is 0.734. The molecule has 7 nitrogen and oxygen atoms in total. The van der Waals surface area contributed by atoms with Gasteiger partial charge in [-0.05, 0) is 24.6 Å². The first kappa shape index (κ1) is 19.5. The number of morpholine rings is 1. The Balaban J connectivity index is 1.59. The van der Waals surface area contributed by atoms with Crippen molar-refractivity contribution in [2.45, 2.75) is 19.9 Å². The van der Waals surface area contributed by atoms with E-state index in [1.807, 2.05) is 6.92 Å². The second kappa shape index (κ2) is 9.59.